The molecule has 3 nitrogen and oxygen atoms in total. The maximum Gasteiger partial charge on any atom is 0.306 e. The third kappa shape index (κ3) is 4.53. The number of Topliss-reactive ketones (excluding diaryl/α,β-unsaturated/α-hetero) is 1. The minimum absolute atomic E-state index is 0.0501. The summed E-state index contributed by atoms with van der Waals surface area (Å²) in [5.74, 6) is -1.38. The van der Waals surface area contributed by atoms with E-state index in [1.807, 2.05) is 6.92 Å². The maximum atomic E-state index is 10.6. The Labute approximate surface area is 66.4 Å². The minimum atomic E-state index is -0.859. The number of hydrogen-bond acceptors (Lipinski definition) is 2. The molecule has 0 saturated carbocycles. The topological polar surface area (TPSA) is 54.4 Å². The molecule has 0 radical (unpaired) electrons. The molecule has 0 aromatic carbocycles. The average molecular weight is 158 g/mol. The van der Waals surface area contributed by atoms with Crippen molar-refractivity contribution >= 4 is 11.8 Å². The van der Waals surface area contributed by atoms with E-state index in [0.717, 1.165) is 6.42 Å². The molecule has 11 heavy (non-hydrogen) atoms. The highest BCUT2D eigenvalue weighted by Gasteiger charge is 2.17. The molecular weight excluding hydrogens is 144 g/mol. The third-order valence-electron chi connectivity index (χ3n) is 1.52. The Bertz CT molecular complexity index is 151. The predicted octanol–water partition coefficient (Wildman–Crippen LogP) is 1.47. The summed E-state index contributed by atoms with van der Waals surface area (Å²) in [6, 6.07) is 0. The zero-order valence-corrected chi connectivity index (χ0v) is 6.96. The van der Waals surface area contributed by atoms with Crippen molar-refractivity contribution in [3.8, 4) is 0 Å². The van der Waals surface area contributed by atoms with Gasteiger partial charge in [0.05, 0.1) is 5.92 Å². The summed E-state index contributed by atoms with van der Waals surface area (Å²) in [5, 5.41) is 8.60. The zero-order valence-electron chi connectivity index (χ0n) is 6.96. The quantitative estimate of drug-likeness (QED) is 0.659. The summed E-state index contributed by atoms with van der Waals surface area (Å²) < 4.78 is 0. The van der Waals surface area contributed by atoms with E-state index in [-0.39, 0.29) is 12.2 Å². The standard InChI is InChI=1S/C8H14O3/c1-3-4-7(8(10)11)5-6(2)9/h7H,3-5H2,1-2H3,(H,10,11)/t7-/m1/s1. The molecular formula is C8H14O3. The van der Waals surface area contributed by atoms with Crippen LogP contribution in [0.3, 0.4) is 0 Å². The van der Waals surface area contributed by atoms with Gasteiger partial charge >= 0.3 is 5.97 Å². The first-order chi connectivity index (χ1) is 5.07. The second-order valence-corrected chi connectivity index (χ2v) is 2.73. The molecule has 0 aliphatic heterocycles. The van der Waals surface area contributed by atoms with Crippen LogP contribution in [-0.4, -0.2) is 16.9 Å². The van der Waals surface area contributed by atoms with Crippen molar-refractivity contribution in [3.05, 3.63) is 0 Å². The van der Waals surface area contributed by atoms with E-state index in [1.165, 1.54) is 6.92 Å². The molecule has 64 valence electrons. The van der Waals surface area contributed by atoms with Gasteiger partial charge in [0, 0.05) is 6.42 Å². The van der Waals surface area contributed by atoms with Gasteiger partial charge in [-0.1, -0.05) is 13.3 Å². The summed E-state index contributed by atoms with van der Waals surface area (Å²) in [6.07, 6.45) is 1.57. The van der Waals surface area contributed by atoms with Gasteiger partial charge in [-0.2, -0.15) is 0 Å². The van der Waals surface area contributed by atoms with Gasteiger partial charge < -0.3 is 9.90 Å². The van der Waals surface area contributed by atoms with Gasteiger partial charge in [0.2, 0.25) is 0 Å². The fraction of sp³-hybridized carbons (Fsp3) is 0.750. The van der Waals surface area contributed by atoms with Crippen LogP contribution < -0.4 is 0 Å². The molecule has 0 heterocycles. The number of hydrogen-bond donors (Lipinski definition) is 1. The van der Waals surface area contributed by atoms with E-state index in [0.29, 0.717) is 6.42 Å². The van der Waals surface area contributed by atoms with Crippen LogP contribution in [0.1, 0.15) is 33.1 Å². The largest absolute Gasteiger partial charge is 0.481 e. The van der Waals surface area contributed by atoms with Gasteiger partial charge in [-0.05, 0) is 13.3 Å². The van der Waals surface area contributed by atoms with Gasteiger partial charge in [-0.15, -0.1) is 0 Å². The summed E-state index contributed by atoms with van der Waals surface area (Å²) in [6.45, 7) is 3.33. The Kier molecular flexibility index (Phi) is 4.50. The number of rotatable bonds is 5. The van der Waals surface area contributed by atoms with E-state index in [9.17, 15) is 9.59 Å². The second kappa shape index (κ2) is 4.88. The van der Waals surface area contributed by atoms with Crippen LogP contribution in [0, 0.1) is 5.92 Å². The summed E-state index contributed by atoms with van der Waals surface area (Å²) >= 11 is 0. The van der Waals surface area contributed by atoms with E-state index in [1.54, 1.807) is 0 Å². The maximum absolute atomic E-state index is 10.6. The molecule has 0 aromatic rings. The summed E-state index contributed by atoms with van der Waals surface area (Å²) in [4.78, 5) is 21.0. The van der Waals surface area contributed by atoms with Crippen LogP contribution in [-0.2, 0) is 9.59 Å². The average Bonchev–Trinajstić information content (AvgIpc) is 1.86. The molecule has 1 atom stereocenters. The smallest absolute Gasteiger partial charge is 0.306 e. The summed E-state index contributed by atoms with van der Waals surface area (Å²) in [5.41, 5.74) is 0. The number of carboxylic acid groups (broad SMARTS) is 1. The molecule has 0 amide bonds. The molecule has 3 heteroatoms. The van der Waals surface area contributed by atoms with Gasteiger partial charge in [0.25, 0.3) is 0 Å². The van der Waals surface area contributed by atoms with Crippen molar-refractivity contribution in [1.29, 1.82) is 0 Å². The van der Waals surface area contributed by atoms with Crippen LogP contribution >= 0.6 is 0 Å². The number of carboxylic acids is 1. The zero-order chi connectivity index (χ0) is 8.85. The van der Waals surface area contributed by atoms with Crippen molar-refractivity contribution in [2.45, 2.75) is 33.1 Å². The molecule has 0 rings (SSSR count). The van der Waals surface area contributed by atoms with Crippen molar-refractivity contribution < 1.29 is 14.7 Å². The lowest BCUT2D eigenvalue weighted by Gasteiger charge is -2.07. The van der Waals surface area contributed by atoms with Crippen LogP contribution in [0.25, 0.3) is 0 Å². The molecule has 0 aliphatic rings. The van der Waals surface area contributed by atoms with Crippen molar-refractivity contribution in [2.75, 3.05) is 0 Å². The van der Waals surface area contributed by atoms with Gasteiger partial charge in [-0.25, -0.2) is 0 Å². The van der Waals surface area contributed by atoms with Crippen molar-refractivity contribution in [1.82, 2.24) is 0 Å². The first-order valence-electron chi connectivity index (χ1n) is 3.80. The third-order valence-corrected chi connectivity index (χ3v) is 1.52. The normalized spacial score (nSPS) is 12.5. The lowest BCUT2D eigenvalue weighted by atomic mass is 9.98. The molecule has 0 fully saturated rings. The number of ketones is 1. The van der Waals surface area contributed by atoms with Gasteiger partial charge in [0.1, 0.15) is 5.78 Å². The second-order valence-electron chi connectivity index (χ2n) is 2.73. The Balaban J connectivity index is 3.89. The van der Waals surface area contributed by atoms with Crippen molar-refractivity contribution in [3.63, 3.8) is 0 Å². The SMILES string of the molecule is CCC[C@H](CC(C)=O)C(=O)O. The lowest BCUT2D eigenvalue weighted by Crippen LogP contribution is -2.16. The van der Waals surface area contributed by atoms with Crippen LogP contribution in [0.2, 0.25) is 0 Å². The molecule has 1 N–H and O–H groups in total. The monoisotopic (exact) mass is 158 g/mol. The van der Waals surface area contributed by atoms with E-state index >= 15 is 0 Å². The van der Waals surface area contributed by atoms with Crippen LogP contribution in [0.5, 0.6) is 0 Å². The highest BCUT2D eigenvalue weighted by Crippen LogP contribution is 2.11. The Morgan fingerprint density at radius 2 is 2.00 bits per heavy atom. The lowest BCUT2D eigenvalue weighted by molar-refractivity contribution is -0.143. The predicted molar refractivity (Wildman–Crippen MR) is 41.3 cm³/mol. The highest BCUT2D eigenvalue weighted by atomic mass is 16.4. The fourth-order valence-electron chi connectivity index (χ4n) is 1.01. The molecule has 0 bridgehead atoms. The van der Waals surface area contributed by atoms with Gasteiger partial charge in [-0.3, -0.25) is 4.79 Å². The van der Waals surface area contributed by atoms with Crippen LogP contribution in [0.4, 0.5) is 0 Å². The number of carbonyl (C=O) groups is 2. The summed E-state index contributed by atoms with van der Waals surface area (Å²) in [7, 11) is 0. The molecule has 0 saturated heterocycles. The Hall–Kier alpha value is -0.860. The first kappa shape index (κ1) is 10.1. The Morgan fingerprint density at radius 1 is 1.45 bits per heavy atom. The minimum Gasteiger partial charge on any atom is -0.481 e. The highest BCUT2D eigenvalue weighted by molar-refractivity contribution is 5.81. The molecule has 0 spiro atoms. The number of aliphatic carboxylic acids is 1. The Morgan fingerprint density at radius 3 is 2.27 bits per heavy atom. The fourth-order valence-corrected chi connectivity index (χ4v) is 1.01. The first-order valence-corrected chi connectivity index (χ1v) is 3.80. The van der Waals surface area contributed by atoms with E-state index < -0.39 is 11.9 Å². The molecule has 0 unspecified atom stereocenters. The molecule has 0 aliphatic carbocycles. The van der Waals surface area contributed by atoms with E-state index in [2.05, 4.69) is 0 Å². The number of carbonyl (C=O) groups excluding carboxylic acids is 1. The van der Waals surface area contributed by atoms with Gasteiger partial charge in [0.15, 0.2) is 0 Å². The van der Waals surface area contributed by atoms with E-state index in [4.69, 9.17) is 5.11 Å². The van der Waals surface area contributed by atoms with Crippen molar-refractivity contribution in [2.24, 2.45) is 5.92 Å². The van der Waals surface area contributed by atoms with Crippen LogP contribution in [0.15, 0.2) is 0 Å². The molecule has 0 aromatic heterocycles.